The van der Waals surface area contributed by atoms with Crippen LogP contribution in [0.2, 0.25) is 0 Å². The molecule has 2 heterocycles. The summed E-state index contributed by atoms with van der Waals surface area (Å²) in [6.07, 6.45) is 2.32. The molecule has 2 N–H and O–H groups in total. The third-order valence-corrected chi connectivity index (χ3v) is 5.71. The van der Waals surface area contributed by atoms with Crippen molar-refractivity contribution < 1.29 is 9.59 Å². The summed E-state index contributed by atoms with van der Waals surface area (Å²) in [4.78, 5) is 30.8. The summed E-state index contributed by atoms with van der Waals surface area (Å²) in [5, 5.41) is 4.07. The Labute approximate surface area is 171 Å². The lowest BCUT2D eigenvalue weighted by Gasteiger charge is -2.26. The van der Waals surface area contributed by atoms with Crippen molar-refractivity contribution in [2.24, 2.45) is 0 Å². The second-order valence-electron chi connectivity index (χ2n) is 7.65. The van der Waals surface area contributed by atoms with Gasteiger partial charge in [0, 0.05) is 47.2 Å². The molecule has 0 fully saturated rings. The molecule has 150 valence electrons. The van der Waals surface area contributed by atoms with Gasteiger partial charge >= 0.3 is 0 Å². The van der Waals surface area contributed by atoms with E-state index >= 15 is 0 Å². The molecule has 0 saturated carbocycles. The summed E-state index contributed by atoms with van der Waals surface area (Å²) in [5.74, 6) is -0.00626. The van der Waals surface area contributed by atoms with E-state index in [-0.39, 0.29) is 17.9 Å². The number of nitrogens with one attached hydrogen (secondary N) is 2. The van der Waals surface area contributed by atoms with Crippen LogP contribution in [0.3, 0.4) is 0 Å². The second kappa shape index (κ2) is 8.11. The van der Waals surface area contributed by atoms with Gasteiger partial charge in [0.25, 0.3) is 5.91 Å². The highest BCUT2D eigenvalue weighted by Crippen LogP contribution is 2.42. The first kappa shape index (κ1) is 19.2. The zero-order valence-corrected chi connectivity index (χ0v) is 17.0. The van der Waals surface area contributed by atoms with E-state index in [0.29, 0.717) is 19.5 Å². The standard InChI is InChI=1S/C24H27N3O2/c1-3-4-14-25-21(28)13-15-27-23(17-9-5-6-10-18(17)24(27)29)22-16(2)26-20-12-8-7-11-19(20)22/h5-12,23,26H,3-4,13-15H2,1-2H3,(H,25,28)/t23-/m0/s1. The van der Waals surface area contributed by atoms with Gasteiger partial charge in [0.1, 0.15) is 0 Å². The van der Waals surface area contributed by atoms with Crippen LogP contribution < -0.4 is 5.32 Å². The summed E-state index contributed by atoms with van der Waals surface area (Å²) in [6, 6.07) is 15.8. The van der Waals surface area contributed by atoms with Crippen LogP contribution in [0.25, 0.3) is 10.9 Å². The predicted molar refractivity (Wildman–Crippen MR) is 115 cm³/mol. The third kappa shape index (κ3) is 3.53. The molecule has 5 nitrogen and oxygen atoms in total. The van der Waals surface area contributed by atoms with Crippen molar-refractivity contribution >= 4 is 22.7 Å². The number of amides is 2. The Morgan fingerprint density at radius 2 is 1.90 bits per heavy atom. The van der Waals surface area contributed by atoms with Gasteiger partial charge in [-0.1, -0.05) is 49.7 Å². The first-order valence-electron chi connectivity index (χ1n) is 10.4. The van der Waals surface area contributed by atoms with Gasteiger partial charge in [0.05, 0.1) is 6.04 Å². The molecule has 3 aromatic rings. The molecular weight excluding hydrogens is 362 g/mol. The van der Waals surface area contributed by atoms with Gasteiger partial charge in [-0.2, -0.15) is 0 Å². The minimum Gasteiger partial charge on any atom is -0.358 e. The first-order valence-corrected chi connectivity index (χ1v) is 10.4. The van der Waals surface area contributed by atoms with Gasteiger partial charge in [0.15, 0.2) is 0 Å². The van der Waals surface area contributed by atoms with Gasteiger partial charge in [-0.3, -0.25) is 9.59 Å². The Hall–Kier alpha value is -3.08. The molecular formula is C24H27N3O2. The summed E-state index contributed by atoms with van der Waals surface area (Å²) in [5.41, 5.74) is 4.97. The first-order chi connectivity index (χ1) is 14.1. The maximum atomic E-state index is 13.2. The molecule has 0 aliphatic carbocycles. The fourth-order valence-corrected chi connectivity index (χ4v) is 4.28. The predicted octanol–water partition coefficient (Wildman–Crippen LogP) is 4.33. The SMILES string of the molecule is CCCCNC(=O)CCN1C(=O)c2ccccc2[C@H]1c1c(C)[nH]c2ccccc12. The number of para-hydroxylation sites is 1. The monoisotopic (exact) mass is 389 g/mol. The van der Waals surface area contributed by atoms with Crippen molar-refractivity contribution in [3.8, 4) is 0 Å². The molecule has 1 aromatic heterocycles. The molecule has 2 aromatic carbocycles. The molecule has 4 rings (SSSR count). The maximum Gasteiger partial charge on any atom is 0.255 e. The molecule has 0 bridgehead atoms. The number of unbranched alkanes of at least 4 members (excludes halogenated alkanes) is 1. The van der Waals surface area contributed by atoms with Crippen LogP contribution in [0.1, 0.15) is 59.4 Å². The van der Waals surface area contributed by atoms with Crippen LogP contribution >= 0.6 is 0 Å². The number of aryl methyl sites for hydroxylation is 1. The molecule has 1 atom stereocenters. The number of hydrogen-bond acceptors (Lipinski definition) is 2. The maximum absolute atomic E-state index is 13.2. The van der Waals surface area contributed by atoms with E-state index in [1.54, 1.807) is 0 Å². The number of carbonyl (C=O) groups is 2. The Morgan fingerprint density at radius 1 is 1.14 bits per heavy atom. The lowest BCUT2D eigenvalue weighted by Crippen LogP contribution is -2.34. The van der Waals surface area contributed by atoms with Crippen LogP contribution in [0.4, 0.5) is 0 Å². The van der Waals surface area contributed by atoms with E-state index in [1.165, 1.54) is 0 Å². The van der Waals surface area contributed by atoms with Crippen LogP contribution in [0.5, 0.6) is 0 Å². The minimum atomic E-state index is -0.182. The smallest absolute Gasteiger partial charge is 0.255 e. The van der Waals surface area contributed by atoms with E-state index in [2.05, 4.69) is 36.3 Å². The fraction of sp³-hybridized carbons (Fsp3) is 0.333. The Balaban J connectivity index is 1.68. The zero-order chi connectivity index (χ0) is 20.4. The number of rotatable bonds is 7. The third-order valence-electron chi connectivity index (χ3n) is 5.71. The summed E-state index contributed by atoms with van der Waals surface area (Å²) in [7, 11) is 0. The van der Waals surface area contributed by atoms with E-state index in [1.807, 2.05) is 41.3 Å². The number of fused-ring (bicyclic) bond motifs is 2. The van der Waals surface area contributed by atoms with E-state index in [9.17, 15) is 9.59 Å². The zero-order valence-electron chi connectivity index (χ0n) is 17.0. The molecule has 5 heteroatoms. The minimum absolute atomic E-state index is 0.00311. The van der Waals surface area contributed by atoms with Crippen LogP contribution in [-0.4, -0.2) is 34.8 Å². The molecule has 29 heavy (non-hydrogen) atoms. The number of H-pyrrole nitrogens is 1. The molecule has 0 radical (unpaired) electrons. The van der Waals surface area contributed by atoms with Gasteiger partial charge in [-0.25, -0.2) is 0 Å². The van der Waals surface area contributed by atoms with Crippen molar-refractivity contribution in [3.05, 3.63) is 70.9 Å². The quantitative estimate of drug-likeness (QED) is 0.591. The summed E-state index contributed by atoms with van der Waals surface area (Å²) < 4.78 is 0. The Kier molecular flexibility index (Phi) is 5.38. The molecule has 0 unspecified atom stereocenters. The van der Waals surface area contributed by atoms with Gasteiger partial charge < -0.3 is 15.2 Å². The second-order valence-corrected chi connectivity index (χ2v) is 7.65. The van der Waals surface area contributed by atoms with Gasteiger partial charge in [0.2, 0.25) is 5.91 Å². The van der Waals surface area contributed by atoms with E-state index in [4.69, 9.17) is 0 Å². The number of aromatic nitrogens is 1. The molecule has 1 aliphatic heterocycles. The van der Waals surface area contributed by atoms with Gasteiger partial charge in [-0.05, 0) is 31.0 Å². The largest absolute Gasteiger partial charge is 0.358 e. The van der Waals surface area contributed by atoms with Crippen molar-refractivity contribution in [2.75, 3.05) is 13.1 Å². The number of aromatic amines is 1. The lowest BCUT2D eigenvalue weighted by molar-refractivity contribution is -0.121. The topological polar surface area (TPSA) is 65.2 Å². The van der Waals surface area contributed by atoms with Crippen molar-refractivity contribution in [1.29, 1.82) is 0 Å². The highest BCUT2D eigenvalue weighted by atomic mass is 16.2. The highest BCUT2D eigenvalue weighted by Gasteiger charge is 2.39. The molecule has 1 aliphatic rings. The lowest BCUT2D eigenvalue weighted by atomic mass is 9.95. The van der Waals surface area contributed by atoms with Crippen LogP contribution in [0.15, 0.2) is 48.5 Å². The average Bonchev–Trinajstić information content (AvgIpc) is 3.20. The number of benzene rings is 2. The number of hydrogen-bond donors (Lipinski definition) is 2. The number of carbonyl (C=O) groups excluding carboxylic acids is 2. The van der Waals surface area contributed by atoms with Crippen molar-refractivity contribution in [1.82, 2.24) is 15.2 Å². The summed E-state index contributed by atoms with van der Waals surface area (Å²) >= 11 is 0. The van der Waals surface area contributed by atoms with E-state index in [0.717, 1.165) is 46.1 Å². The highest BCUT2D eigenvalue weighted by molar-refractivity contribution is 6.01. The number of nitrogens with zero attached hydrogens (tertiary/aromatic N) is 1. The van der Waals surface area contributed by atoms with Crippen molar-refractivity contribution in [2.45, 2.75) is 39.2 Å². The molecule has 2 amide bonds. The fourth-order valence-electron chi connectivity index (χ4n) is 4.28. The molecule has 0 spiro atoms. The Bertz CT molecular complexity index is 1050. The van der Waals surface area contributed by atoms with Crippen LogP contribution in [-0.2, 0) is 4.79 Å². The van der Waals surface area contributed by atoms with Gasteiger partial charge in [-0.15, -0.1) is 0 Å². The Morgan fingerprint density at radius 3 is 2.72 bits per heavy atom. The van der Waals surface area contributed by atoms with Crippen molar-refractivity contribution in [3.63, 3.8) is 0 Å². The average molecular weight is 389 g/mol. The molecule has 0 saturated heterocycles. The van der Waals surface area contributed by atoms with Crippen LogP contribution in [0, 0.1) is 6.92 Å². The van der Waals surface area contributed by atoms with E-state index < -0.39 is 0 Å². The summed E-state index contributed by atoms with van der Waals surface area (Å²) in [6.45, 7) is 5.24. The normalized spacial score (nSPS) is 15.7.